The molecule has 0 bridgehead atoms. The predicted molar refractivity (Wildman–Crippen MR) is 56.9 cm³/mol. The van der Waals surface area contributed by atoms with E-state index in [0.717, 1.165) is 5.56 Å². The van der Waals surface area contributed by atoms with Crippen molar-refractivity contribution in [1.82, 2.24) is 5.48 Å². The molecule has 0 unspecified atom stereocenters. The minimum absolute atomic E-state index is 0.0213. The van der Waals surface area contributed by atoms with Gasteiger partial charge in [0.1, 0.15) is 5.82 Å². The van der Waals surface area contributed by atoms with Crippen LogP contribution in [0.5, 0.6) is 0 Å². The summed E-state index contributed by atoms with van der Waals surface area (Å²) in [6, 6.07) is 3.42. The Hall–Kier alpha value is -2.15. The van der Waals surface area contributed by atoms with E-state index < -0.39 is 24.4 Å². The number of halogens is 1. The lowest BCUT2D eigenvalue weighted by Gasteiger charge is -2.07. The van der Waals surface area contributed by atoms with Gasteiger partial charge in [0.2, 0.25) is 0 Å². The van der Waals surface area contributed by atoms with E-state index in [1.165, 1.54) is 12.1 Å². The quantitative estimate of drug-likeness (QED) is 0.694. The zero-order chi connectivity index (χ0) is 12.8. The number of anilines is 1. The first-order valence-corrected chi connectivity index (χ1v) is 4.66. The number of rotatable bonds is 4. The molecule has 17 heavy (non-hydrogen) atoms. The third-order valence-electron chi connectivity index (χ3n) is 1.73. The maximum Gasteiger partial charge on any atom is 0.343 e. The second kappa shape index (κ2) is 5.80. The van der Waals surface area contributed by atoms with E-state index in [1.54, 1.807) is 18.5 Å². The molecule has 0 saturated heterocycles. The number of benzene rings is 1. The number of carboxylic acid groups (broad SMARTS) is 1. The Morgan fingerprint density at radius 2 is 2.18 bits per heavy atom. The van der Waals surface area contributed by atoms with Crippen LogP contribution in [-0.4, -0.2) is 23.7 Å². The normalized spacial score (nSPS) is 9.76. The summed E-state index contributed by atoms with van der Waals surface area (Å²) in [6.45, 7) is 1.03. The number of carboxylic acids is 1. The van der Waals surface area contributed by atoms with Gasteiger partial charge < -0.3 is 10.4 Å². The van der Waals surface area contributed by atoms with Crippen LogP contribution in [0.3, 0.4) is 0 Å². The molecule has 0 spiro atoms. The zero-order valence-electron chi connectivity index (χ0n) is 8.99. The maximum atomic E-state index is 13.3. The summed E-state index contributed by atoms with van der Waals surface area (Å²) in [5, 5.41) is 10.4. The second-order valence-electron chi connectivity index (χ2n) is 3.22. The van der Waals surface area contributed by atoms with E-state index >= 15 is 0 Å². The largest absolute Gasteiger partial charge is 0.479 e. The van der Waals surface area contributed by atoms with Gasteiger partial charge in [-0.05, 0) is 24.6 Å². The summed E-state index contributed by atoms with van der Waals surface area (Å²) in [7, 11) is 0. The van der Waals surface area contributed by atoms with Gasteiger partial charge in [0, 0.05) is 0 Å². The van der Waals surface area contributed by atoms with Crippen molar-refractivity contribution >= 4 is 17.7 Å². The average Bonchev–Trinajstić information content (AvgIpc) is 2.21. The number of hydroxylamine groups is 1. The molecule has 0 heterocycles. The Kier molecular flexibility index (Phi) is 4.41. The van der Waals surface area contributed by atoms with E-state index in [2.05, 4.69) is 10.2 Å². The summed E-state index contributed by atoms with van der Waals surface area (Å²) in [6.07, 6.45) is 0. The molecule has 1 aromatic rings. The molecule has 0 aliphatic carbocycles. The molecule has 92 valence electrons. The number of urea groups is 1. The number of hydrogen-bond acceptors (Lipinski definition) is 3. The van der Waals surface area contributed by atoms with Crippen LogP contribution < -0.4 is 10.8 Å². The summed E-state index contributed by atoms with van der Waals surface area (Å²) in [4.78, 5) is 25.5. The molecule has 0 radical (unpaired) electrons. The number of hydrogen-bond donors (Lipinski definition) is 3. The molecule has 0 fully saturated rings. The molecule has 0 saturated carbocycles. The van der Waals surface area contributed by atoms with Crippen LogP contribution in [0.1, 0.15) is 5.56 Å². The third-order valence-corrected chi connectivity index (χ3v) is 1.73. The fraction of sp³-hybridized carbons (Fsp3) is 0.200. The first-order chi connectivity index (χ1) is 7.99. The first kappa shape index (κ1) is 12.9. The van der Waals surface area contributed by atoms with Gasteiger partial charge in [0.05, 0.1) is 5.69 Å². The van der Waals surface area contributed by atoms with Crippen LogP contribution in [0.25, 0.3) is 0 Å². The van der Waals surface area contributed by atoms with E-state index in [9.17, 15) is 14.0 Å². The van der Waals surface area contributed by atoms with Crippen molar-refractivity contribution in [2.75, 3.05) is 11.9 Å². The molecule has 6 nitrogen and oxygen atoms in total. The average molecular weight is 242 g/mol. The van der Waals surface area contributed by atoms with Gasteiger partial charge in [-0.2, -0.15) is 0 Å². The SMILES string of the molecule is Cc1ccc(NC(=O)NOCC(=O)O)c(F)c1. The number of carbonyl (C=O) groups excluding carboxylic acids is 1. The van der Waals surface area contributed by atoms with Crippen molar-refractivity contribution in [2.45, 2.75) is 6.92 Å². The molecule has 0 aromatic heterocycles. The standard InChI is InChI=1S/C10H11FN2O4/c1-6-2-3-8(7(11)4-6)12-10(16)13-17-5-9(14)15/h2-4H,5H2,1H3,(H,14,15)(H2,12,13,16). The lowest BCUT2D eigenvalue weighted by atomic mass is 10.2. The fourth-order valence-electron chi connectivity index (χ4n) is 1.03. The molecule has 7 heteroatoms. The maximum absolute atomic E-state index is 13.3. The highest BCUT2D eigenvalue weighted by molar-refractivity contribution is 5.88. The van der Waals surface area contributed by atoms with Crippen LogP contribution >= 0.6 is 0 Å². The van der Waals surface area contributed by atoms with Crippen LogP contribution in [0.2, 0.25) is 0 Å². The molecule has 0 aliphatic rings. The summed E-state index contributed by atoms with van der Waals surface area (Å²) in [5.74, 6) is -1.81. The van der Waals surface area contributed by atoms with Gasteiger partial charge in [-0.3, -0.25) is 4.84 Å². The number of amides is 2. The first-order valence-electron chi connectivity index (χ1n) is 4.66. The highest BCUT2D eigenvalue weighted by atomic mass is 19.1. The smallest absolute Gasteiger partial charge is 0.343 e. The fourth-order valence-corrected chi connectivity index (χ4v) is 1.03. The highest BCUT2D eigenvalue weighted by Gasteiger charge is 2.07. The third kappa shape index (κ3) is 4.47. The number of carbonyl (C=O) groups is 2. The highest BCUT2D eigenvalue weighted by Crippen LogP contribution is 2.14. The molecule has 3 N–H and O–H groups in total. The van der Waals surface area contributed by atoms with Crippen molar-refractivity contribution in [3.8, 4) is 0 Å². The number of nitrogens with one attached hydrogen (secondary N) is 2. The Labute approximate surface area is 96.3 Å². The van der Waals surface area contributed by atoms with Crippen LogP contribution in [0.15, 0.2) is 18.2 Å². The van der Waals surface area contributed by atoms with Crippen molar-refractivity contribution in [3.05, 3.63) is 29.6 Å². The van der Waals surface area contributed by atoms with Gasteiger partial charge in [0.15, 0.2) is 6.61 Å². The van der Waals surface area contributed by atoms with Crippen molar-refractivity contribution in [1.29, 1.82) is 0 Å². The molecular weight excluding hydrogens is 231 g/mol. The minimum Gasteiger partial charge on any atom is -0.479 e. The molecule has 1 aromatic carbocycles. The van der Waals surface area contributed by atoms with Crippen molar-refractivity contribution < 1.29 is 23.9 Å². The summed E-state index contributed by atoms with van der Waals surface area (Å²) in [5.41, 5.74) is 2.50. The lowest BCUT2D eigenvalue weighted by molar-refractivity contribution is -0.143. The summed E-state index contributed by atoms with van der Waals surface area (Å²) >= 11 is 0. The zero-order valence-corrected chi connectivity index (χ0v) is 8.99. The monoisotopic (exact) mass is 242 g/mol. The molecular formula is C10H11FN2O4. The van der Waals surface area contributed by atoms with E-state index in [0.29, 0.717) is 0 Å². The number of aliphatic carboxylic acids is 1. The molecule has 1 rings (SSSR count). The second-order valence-corrected chi connectivity index (χ2v) is 3.22. The molecule has 2 amide bonds. The Bertz CT molecular complexity index is 436. The van der Waals surface area contributed by atoms with Crippen LogP contribution in [0, 0.1) is 12.7 Å². The Morgan fingerprint density at radius 1 is 1.47 bits per heavy atom. The van der Waals surface area contributed by atoms with Gasteiger partial charge in [0.25, 0.3) is 0 Å². The molecule has 0 atom stereocenters. The van der Waals surface area contributed by atoms with Crippen LogP contribution in [-0.2, 0) is 9.63 Å². The van der Waals surface area contributed by atoms with Gasteiger partial charge in [-0.25, -0.2) is 19.5 Å². The number of aryl methyl sites for hydroxylation is 1. The van der Waals surface area contributed by atoms with Crippen molar-refractivity contribution in [3.63, 3.8) is 0 Å². The Morgan fingerprint density at radius 3 is 2.76 bits per heavy atom. The predicted octanol–water partition coefficient (Wildman–Crippen LogP) is 1.27. The Balaban J connectivity index is 2.48. The van der Waals surface area contributed by atoms with Gasteiger partial charge in [-0.1, -0.05) is 6.07 Å². The van der Waals surface area contributed by atoms with Crippen molar-refractivity contribution in [2.24, 2.45) is 0 Å². The minimum atomic E-state index is -1.23. The van der Waals surface area contributed by atoms with Gasteiger partial charge in [-0.15, -0.1) is 0 Å². The topological polar surface area (TPSA) is 87.7 Å². The summed E-state index contributed by atoms with van der Waals surface area (Å²) < 4.78 is 13.3. The van der Waals surface area contributed by atoms with Gasteiger partial charge >= 0.3 is 12.0 Å². The van der Waals surface area contributed by atoms with E-state index in [1.807, 2.05) is 0 Å². The molecule has 0 aliphatic heterocycles. The van der Waals surface area contributed by atoms with Crippen LogP contribution in [0.4, 0.5) is 14.9 Å². The van der Waals surface area contributed by atoms with E-state index in [-0.39, 0.29) is 5.69 Å². The lowest BCUT2D eigenvalue weighted by Crippen LogP contribution is -2.31. The van der Waals surface area contributed by atoms with E-state index in [4.69, 9.17) is 5.11 Å².